The fourth-order valence-corrected chi connectivity index (χ4v) is 4.30. The van der Waals surface area contributed by atoms with Gasteiger partial charge < -0.3 is 15.2 Å². The van der Waals surface area contributed by atoms with Crippen molar-refractivity contribution in [3.8, 4) is 0 Å². The molecule has 0 spiro atoms. The van der Waals surface area contributed by atoms with Gasteiger partial charge >= 0.3 is 0 Å². The Hall–Kier alpha value is -1.46. The van der Waals surface area contributed by atoms with Crippen LogP contribution in [0.15, 0.2) is 24.3 Å². The van der Waals surface area contributed by atoms with Crippen molar-refractivity contribution in [1.29, 1.82) is 0 Å². The molecule has 124 valence electrons. The third kappa shape index (κ3) is 2.56. The maximum Gasteiger partial charge on any atom is 0.226 e. The van der Waals surface area contributed by atoms with Crippen LogP contribution in [-0.4, -0.2) is 35.4 Å². The Kier molecular flexibility index (Phi) is 3.46. The number of ether oxygens (including phenoxy) is 1. The predicted molar refractivity (Wildman–Crippen MR) is 82.1 cm³/mol. The van der Waals surface area contributed by atoms with Crippen molar-refractivity contribution >= 4 is 5.91 Å². The van der Waals surface area contributed by atoms with E-state index < -0.39 is 5.54 Å². The van der Waals surface area contributed by atoms with Crippen LogP contribution in [0, 0.1) is 23.6 Å². The maximum atomic E-state index is 13.9. The summed E-state index contributed by atoms with van der Waals surface area (Å²) in [6.07, 6.45) is 2.51. The van der Waals surface area contributed by atoms with Crippen molar-refractivity contribution < 1.29 is 19.0 Å². The lowest BCUT2D eigenvalue weighted by Gasteiger charge is -2.31. The molecule has 2 N–H and O–H groups in total. The lowest BCUT2D eigenvalue weighted by molar-refractivity contribution is -0.129. The number of carbonyl (C=O) groups excluding carboxylic acids is 1. The number of aliphatic hydroxyl groups is 1. The Labute approximate surface area is 135 Å². The number of hydrogen-bond donors (Lipinski definition) is 2. The van der Waals surface area contributed by atoms with E-state index in [1.807, 2.05) is 0 Å². The topological polar surface area (TPSA) is 58.6 Å². The van der Waals surface area contributed by atoms with E-state index in [1.165, 1.54) is 12.5 Å². The summed E-state index contributed by atoms with van der Waals surface area (Å²) in [5.41, 5.74) is -0.375. The number of aliphatic hydroxyl groups excluding tert-OH is 1. The van der Waals surface area contributed by atoms with Crippen LogP contribution in [0.3, 0.4) is 0 Å². The van der Waals surface area contributed by atoms with Crippen molar-refractivity contribution in [3.05, 3.63) is 35.6 Å². The highest BCUT2D eigenvalue weighted by atomic mass is 19.1. The van der Waals surface area contributed by atoms with Crippen LogP contribution in [0.2, 0.25) is 0 Å². The Bertz CT molecular complexity index is 636. The summed E-state index contributed by atoms with van der Waals surface area (Å²) in [4.78, 5) is 12.7. The van der Waals surface area contributed by atoms with Gasteiger partial charge in [0.2, 0.25) is 5.91 Å². The molecule has 1 saturated carbocycles. The van der Waals surface area contributed by atoms with Gasteiger partial charge in [-0.15, -0.1) is 0 Å². The molecule has 3 aliphatic rings. The molecule has 1 aliphatic carbocycles. The van der Waals surface area contributed by atoms with E-state index in [2.05, 4.69) is 5.32 Å². The van der Waals surface area contributed by atoms with Gasteiger partial charge in [0, 0.05) is 6.42 Å². The second-order valence-electron chi connectivity index (χ2n) is 7.52. The lowest BCUT2D eigenvalue weighted by atomic mass is 9.86. The molecule has 1 aromatic rings. The van der Waals surface area contributed by atoms with Crippen molar-refractivity contribution in [1.82, 2.24) is 5.32 Å². The third-order valence-electron chi connectivity index (χ3n) is 5.65. The quantitative estimate of drug-likeness (QED) is 0.868. The van der Waals surface area contributed by atoms with Crippen LogP contribution in [0.1, 0.15) is 25.3 Å². The van der Waals surface area contributed by atoms with Gasteiger partial charge in [-0.1, -0.05) is 18.2 Å². The fourth-order valence-electron chi connectivity index (χ4n) is 4.30. The first-order valence-corrected chi connectivity index (χ1v) is 8.32. The van der Waals surface area contributed by atoms with Gasteiger partial charge in [0.05, 0.1) is 30.3 Å². The van der Waals surface area contributed by atoms with E-state index in [1.54, 1.807) is 25.1 Å². The molecule has 1 amide bonds. The third-order valence-corrected chi connectivity index (χ3v) is 5.65. The summed E-state index contributed by atoms with van der Waals surface area (Å²) in [7, 11) is 0. The summed E-state index contributed by atoms with van der Waals surface area (Å²) < 4.78 is 19.7. The van der Waals surface area contributed by atoms with Gasteiger partial charge in [0.15, 0.2) is 0 Å². The zero-order valence-corrected chi connectivity index (χ0v) is 13.2. The van der Waals surface area contributed by atoms with Gasteiger partial charge in [-0.3, -0.25) is 4.79 Å². The van der Waals surface area contributed by atoms with E-state index in [4.69, 9.17) is 4.74 Å². The summed E-state index contributed by atoms with van der Waals surface area (Å²) in [6, 6.07) is 6.47. The molecule has 6 atom stereocenters. The van der Waals surface area contributed by atoms with Gasteiger partial charge in [-0.05, 0) is 43.2 Å². The van der Waals surface area contributed by atoms with E-state index in [0.29, 0.717) is 17.4 Å². The number of fused-ring (bicyclic) bond motifs is 5. The van der Waals surface area contributed by atoms with Crippen LogP contribution in [0.5, 0.6) is 0 Å². The monoisotopic (exact) mass is 319 g/mol. The maximum absolute atomic E-state index is 13.9. The second kappa shape index (κ2) is 5.28. The van der Waals surface area contributed by atoms with E-state index in [-0.39, 0.29) is 42.9 Å². The first kappa shape index (κ1) is 15.1. The standard InChI is InChI=1S/C18H22FNO3/c1-18(9-21,8-10-4-2-3-5-14(10)19)20-17(22)13-7-15-11-6-12(11)16(13)23-15/h2-5,11-13,15-16,21H,6-9H2,1H3,(H,20,22)/t11-,12+,13-,15+,16+,18?/m1/s1. The molecule has 5 heteroatoms. The van der Waals surface area contributed by atoms with E-state index in [9.17, 15) is 14.3 Å². The number of carbonyl (C=O) groups is 1. The minimum Gasteiger partial charge on any atom is -0.394 e. The molecule has 0 radical (unpaired) electrons. The Morgan fingerprint density at radius 3 is 2.83 bits per heavy atom. The number of amides is 1. The highest BCUT2D eigenvalue weighted by Crippen LogP contribution is 2.60. The average Bonchev–Trinajstić information content (AvgIpc) is 3.13. The molecular formula is C18H22FNO3. The van der Waals surface area contributed by atoms with E-state index in [0.717, 1.165) is 6.42 Å². The van der Waals surface area contributed by atoms with Gasteiger partial charge in [-0.25, -0.2) is 4.39 Å². The lowest BCUT2D eigenvalue weighted by Crippen LogP contribution is -2.53. The normalized spacial score (nSPS) is 36.4. The van der Waals surface area contributed by atoms with Gasteiger partial charge in [-0.2, -0.15) is 0 Å². The minimum atomic E-state index is -0.871. The van der Waals surface area contributed by atoms with Gasteiger partial charge in [0.25, 0.3) is 0 Å². The fraction of sp³-hybridized carbons (Fsp3) is 0.611. The number of hydrogen-bond acceptors (Lipinski definition) is 3. The number of halogens is 1. The molecule has 2 heterocycles. The molecule has 3 fully saturated rings. The molecule has 4 rings (SSSR count). The van der Waals surface area contributed by atoms with E-state index >= 15 is 0 Å². The van der Waals surface area contributed by atoms with Crippen molar-refractivity contribution in [3.63, 3.8) is 0 Å². The zero-order valence-electron chi connectivity index (χ0n) is 13.2. The molecule has 2 saturated heterocycles. The summed E-state index contributed by atoms with van der Waals surface area (Å²) >= 11 is 0. The molecule has 2 aliphatic heterocycles. The SMILES string of the molecule is CC(CO)(Cc1ccccc1F)NC(=O)[C@@H]1C[C@@H]2O[C@H]1[C@H]1C[C@H]12. The summed E-state index contributed by atoms with van der Waals surface area (Å²) in [5.74, 6) is 0.708. The molecule has 4 nitrogen and oxygen atoms in total. The van der Waals surface area contributed by atoms with Crippen molar-refractivity contribution in [2.75, 3.05) is 6.61 Å². The Morgan fingerprint density at radius 1 is 1.39 bits per heavy atom. The largest absolute Gasteiger partial charge is 0.394 e. The number of rotatable bonds is 5. The second-order valence-corrected chi connectivity index (χ2v) is 7.52. The van der Waals surface area contributed by atoms with Crippen molar-refractivity contribution in [2.24, 2.45) is 17.8 Å². The highest BCUT2D eigenvalue weighted by molar-refractivity contribution is 5.81. The Morgan fingerprint density at radius 2 is 2.17 bits per heavy atom. The molecule has 2 bridgehead atoms. The van der Waals surface area contributed by atoms with Crippen LogP contribution in [-0.2, 0) is 16.0 Å². The van der Waals surface area contributed by atoms with Crippen molar-refractivity contribution in [2.45, 2.75) is 43.9 Å². The minimum absolute atomic E-state index is 0.0430. The molecular weight excluding hydrogens is 297 g/mol. The van der Waals surface area contributed by atoms with Crippen LogP contribution < -0.4 is 5.32 Å². The molecule has 0 aromatic heterocycles. The predicted octanol–water partition coefficient (Wildman–Crippen LogP) is 1.66. The first-order chi connectivity index (χ1) is 11.0. The average molecular weight is 319 g/mol. The molecule has 1 unspecified atom stereocenters. The summed E-state index contributed by atoms with van der Waals surface area (Å²) in [6.45, 7) is 1.52. The summed E-state index contributed by atoms with van der Waals surface area (Å²) in [5, 5.41) is 12.7. The molecule has 1 aromatic carbocycles. The van der Waals surface area contributed by atoms with Crippen LogP contribution >= 0.6 is 0 Å². The number of benzene rings is 1. The van der Waals surface area contributed by atoms with Gasteiger partial charge in [0.1, 0.15) is 5.82 Å². The van der Waals surface area contributed by atoms with Crippen LogP contribution in [0.25, 0.3) is 0 Å². The first-order valence-electron chi connectivity index (χ1n) is 8.32. The van der Waals surface area contributed by atoms with Crippen LogP contribution in [0.4, 0.5) is 4.39 Å². The molecule has 23 heavy (non-hydrogen) atoms. The Balaban J connectivity index is 1.45. The zero-order chi connectivity index (χ0) is 16.2. The highest BCUT2D eigenvalue weighted by Gasteiger charge is 2.64. The smallest absolute Gasteiger partial charge is 0.226 e. The number of nitrogens with one attached hydrogen (secondary N) is 1.